The van der Waals surface area contributed by atoms with Crippen molar-refractivity contribution in [2.45, 2.75) is 26.3 Å². The molecule has 0 aliphatic rings. The molecular formula is C22H20N4O. The Morgan fingerprint density at radius 2 is 1.59 bits per heavy atom. The molecule has 0 aliphatic carbocycles. The lowest BCUT2D eigenvalue weighted by atomic mass is 10.0. The average molecular weight is 356 g/mol. The minimum Gasteiger partial charge on any atom is -0.494 e. The molecule has 0 saturated carbocycles. The van der Waals surface area contributed by atoms with Gasteiger partial charge in [0.25, 0.3) is 0 Å². The van der Waals surface area contributed by atoms with Gasteiger partial charge in [-0.05, 0) is 41.8 Å². The molecule has 0 saturated heterocycles. The molecule has 2 aromatic rings. The summed E-state index contributed by atoms with van der Waals surface area (Å²) in [5.74, 6) is 0.873. The van der Waals surface area contributed by atoms with E-state index < -0.39 is 0 Å². The molecule has 0 radical (unpaired) electrons. The molecular weight excluding hydrogens is 336 g/mol. The van der Waals surface area contributed by atoms with Crippen molar-refractivity contribution in [3.05, 3.63) is 65.2 Å². The fraction of sp³-hybridized carbons (Fsp3) is 0.227. The Labute approximate surface area is 159 Å². The smallest absolute Gasteiger partial charge is 0.148 e. The highest BCUT2D eigenvalue weighted by Crippen LogP contribution is 2.21. The van der Waals surface area contributed by atoms with E-state index in [2.05, 4.69) is 12.2 Å². The zero-order chi connectivity index (χ0) is 19.5. The summed E-state index contributed by atoms with van der Waals surface area (Å²) in [6, 6.07) is 20.5. The number of nitriles is 3. The minimum atomic E-state index is -0.181. The van der Waals surface area contributed by atoms with Crippen molar-refractivity contribution in [3.63, 3.8) is 0 Å². The largest absolute Gasteiger partial charge is 0.494 e. The summed E-state index contributed by atoms with van der Waals surface area (Å²) in [6.45, 7) is 3.52. The van der Waals surface area contributed by atoms with Crippen molar-refractivity contribution in [1.29, 1.82) is 15.8 Å². The van der Waals surface area contributed by atoms with Gasteiger partial charge >= 0.3 is 0 Å². The molecule has 0 fully saturated rings. The van der Waals surface area contributed by atoms with Crippen LogP contribution < -0.4 is 10.1 Å². The number of benzene rings is 2. The molecule has 0 aromatic heterocycles. The van der Waals surface area contributed by atoms with Crippen molar-refractivity contribution in [2.24, 2.45) is 0 Å². The van der Waals surface area contributed by atoms with E-state index in [1.165, 1.54) is 0 Å². The van der Waals surface area contributed by atoms with Gasteiger partial charge in [0.1, 0.15) is 29.5 Å². The van der Waals surface area contributed by atoms with E-state index in [4.69, 9.17) is 15.3 Å². The van der Waals surface area contributed by atoms with Gasteiger partial charge in [-0.3, -0.25) is 0 Å². The number of anilines is 1. The first kappa shape index (κ1) is 19.6. The highest BCUT2D eigenvalue weighted by Gasteiger charge is 2.08. The van der Waals surface area contributed by atoms with Gasteiger partial charge in [-0.1, -0.05) is 37.6 Å². The zero-order valence-electron chi connectivity index (χ0n) is 15.2. The van der Waals surface area contributed by atoms with Crippen LogP contribution in [0.25, 0.3) is 5.57 Å². The molecule has 134 valence electrons. The Morgan fingerprint density at radius 3 is 2.15 bits per heavy atom. The van der Waals surface area contributed by atoms with Crippen LogP contribution >= 0.6 is 0 Å². The molecule has 27 heavy (non-hydrogen) atoms. The third kappa shape index (κ3) is 5.63. The summed E-state index contributed by atoms with van der Waals surface area (Å²) in [5.41, 5.74) is 2.46. The molecule has 0 heterocycles. The fourth-order valence-corrected chi connectivity index (χ4v) is 2.40. The summed E-state index contributed by atoms with van der Waals surface area (Å²) in [6.07, 6.45) is 2.16. The molecule has 0 spiro atoms. The van der Waals surface area contributed by atoms with Gasteiger partial charge in [0.15, 0.2) is 0 Å². The maximum absolute atomic E-state index is 9.19. The molecule has 0 amide bonds. The van der Waals surface area contributed by atoms with E-state index in [0.717, 1.165) is 36.4 Å². The predicted octanol–water partition coefficient (Wildman–Crippen LogP) is 4.80. The van der Waals surface area contributed by atoms with E-state index in [9.17, 15) is 5.26 Å². The first-order valence-electron chi connectivity index (χ1n) is 8.72. The Hall–Kier alpha value is -3.75. The SMILES string of the molecule is CCCCOc1ccc(CNc2ccc(C(C#N)=C(C#N)C#N)cc2)cc1. The number of hydrogen-bond acceptors (Lipinski definition) is 5. The van der Waals surface area contributed by atoms with Crippen LogP contribution in [0.15, 0.2) is 54.1 Å². The van der Waals surface area contributed by atoms with Crippen LogP contribution in [0.3, 0.4) is 0 Å². The van der Waals surface area contributed by atoms with E-state index >= 15 is 0 Å². The molecule has 0 atom stereocenters. The fourth-order valence-electron chi connectivity index (χ4n) is 2.40. The minimum absolute atomic E-state index is 0.0882. The van der Waals surface area contributed by atoms with Gasteiger partial charge in [-0.2, -0.15) is 15.8 Å². The molecule has 0 bridgehead atoms. The number of allylic oxidation sites excluding steroid dienone is 2. The van der Waals surface area contributed by atoms with Crippen molar-refractivity contribution >= 4 is 11.3 Å². The van der Waals surface area contributed by atoms with Gasteiger partial charge < -0.3 is 10.1 Å². The molecule has 0 unspecified atom stereocenters. The van der Waals surface area contributed by atoms with Crippen LogP contribution in [0.4, 0.5) is 5.69 Å². The summed E-state index contributed by atoms with van der Waals surface area (Å²) in [4.78, 5) is 0. The highest BCUT2D eigenvalue weighted by molar-refractivity contribution is 5.84. The van der Waals surface area contributed by atoms with Crippen LogP contribution in [0.5, 0.6) is 5.75 Å². The number of nitrogens with one attached hydrogen (secondary N) is 1. The molecule has 1 N–H and O–H groups in total. The van der Waals surface area contributed by atoms with Crippen LogP contribution in [-0.2, 0) is 6.54 Å². The quantitative estimate of drug-likeness (QED) is 0.541. The maximum Gasteiger partial charge on any atom is 0.148 e. The Morgan fingerprint density at radius 1 is 0.926 bits per heavy atom. The van der Waals surface area contributed by atoms with Gasteiger partial charge in [0, 0.05) is 12.2 Å². The second-order valence-corrected chi connectivity index (χ2v) is 5.86. The predicted molar refractivity (Wildman–Crippen MR) is 104 cm³/mol. The summed E-state index contributed by atoms with van der Waals surface area (Å²) in [7, 11) is 0. The Balaban J connectivity index is 1.98. The summed E-state index contributed by atoms with van der Waals surface area (Å²) < 4.78 is 5.65. The Bertz CT molecular complexity index is 891. The highest BCUT2D eigenvalue weighted by atomic mass is 16.5. The number of ether oxygens (including phenoxy) is 1. The maximum atomic E-state index is 9.19. The third-order valence-electron chi connectivity index (χ3n) is 3.95. The first-order chi connectivity index (χ1) is 13.2. The molecule has 5 heteroatoms. The lowest BCUT2D eigenvalue weighted by Crippen LogP contribution is -2.00. The monoisotopic (exact) mass is 356 g/mol. The lowest BCUT2D eigenvalue weighted by Gasteiger charge is -2.09. The number of hydrogen-bond donors (Lipinski definition) is 1. The number of unbranched alkanes of at least 4 members (excludes halogenated alkanes) is 1. The topological polar surface area (TPSA) is 92.6 Å². The van der Waals surface area contributed by atoms with Crippen LogP contribution in [-0.4, -0.2) is 6.61 Å². The Kier molecular flexibility index (Phi) is 7.46. The van der Waals surface area contributed by atoms with Crippen molar-refractivity contribution in [3.8, 4) is 24.0 Å². The zero-order valence-corrected chi connectivity index (χ0v) is 15.2. The van der Waals surface area contributed by atoms with E-state index in [1.54, 1.807) is 24.3 Å². The third-order valence-corrected chi connectivity index (χ3v) is 3.95. The van der Waals surface area contributed by atoms with Crippen molar-refractivity contribution in [1.82, 2.24) is 0 Å². The first-order valence-corrected chi connectivity index (χ1v) is 8.72. The molecule has 2 rings (SSSR count). The van der Waals surface area contributed by atoms with Gasteiger partial charge in [0.05, 0.1) is 12.2 Å². The van der Waals surface area contributed by atoms with Crippen molar-refractivity contribution < 1.29 is 4.74 Å². The van der Waals surface area contributed by atoms with Gasteiger partial charge in [-0.15, -0.1) is 0 Å². The van der Waals surface area contributed by atoms with E-state index in [-0.39, 0.29) is 11.1 Å². The van der Waals surface area contributed by atoms with E-state index in [0.29, 0.717) is 12.1 Å². The molecule has 0 aliphatic heterocycles. The number of rotatable bonds is 8. The number of nitrogens with zero attached hydrogens (tertiary/aromatic N) is 3. The van der Waals surface area contributed by atoms with Crippen molar-refractivity contribution in [2.75, 3.05) is 11.9 Å². The normalized spacial score (nSPS) is 9.41. The molecule has 2 aromatic carbocycles. The van der Waals surface area contributed by atoms with Gasteiger partial charge in [-0.25, -0.2) is 0 Å². The van der Waals surface area contributed by atoms with Gasteiger partial charge in [0.2, 0.25) is 0 Å². The lowest BCUT2D eigenvalue weighted by molar-refractivity contribution is 0.309. The average Bonchev–Trinajstić information content (AvgIpc) is 2.72. The van der Waals surface area contributed by atoms with Crippen LogP contribution in [0, 0.1) is 34.0 Å². The molecule has 5 nitrogen and oxygen atoms in total. The van der Waals surface area contributed by atoms with E-state index in [1.807, 2.05) is 42.5 Å². The summed E-state index contributed by atoms with van der Waals surface area (Å²) >= 11 is 0. The standard InChI is InChI=1S/C22H20N4O/c1-2-3-12-27-21-10-4-17(5-11-21)16-26-20-8-6-18(7-9-20)22(15-25)19(13-23)14-24/h4-11,26H,2-3,12,16H2,1H3. The second kappa shape index (κ2) is 10.3. The van der Waals surface area contributed by atoms with Crippen LogP contribution in [0.1, 0.15) is 30.9 Å². The van der Waals surface area contributed by atoms with Crippen LogP contribution in [0.2, 0.25) is 0 Å². The summed E-state index contributed by atoms with van der Waals surface area (Å²) in [5, 5.41) is 30.4. The second-order valence-electron chi connectivity index (χ2n) is 5.86.